The highest BCUT2D eigenvalue weighted by Crippen LogP contribution is 2.60. The lowest BCUT2D eigenvalue weighted by molar-refractivity contribution is -0.0188. The lowest BCUT2D eigenvalue weighted by Crippen LogP contribution is -2.65. The predicted octanol–water partition coefficient (Wildman–Crippen LogP) is 4.98. The Hall–Kier alpha value is -1.91. The van der Waals surface area contributed by atoms with Gasteiger partial charge in [0.1, 0.15) is 7.11 Å². The molecule has 3 nitrogen and oxygen atoms in total. The van der Waals surface area contributed by atoms with Gasteiger partial charge in [-0.1, -0.05) is 93.5 Å². The molecule has 3 fully saturated rings. The zero-order chi connectivity index (χ0) is 22.3. The highest BCUT2D eigenvalue weighted by Gasteiger charge is 2.57. The first kappa shape index (κ1) is 22.3. The maximum absolute atomic E-state index is 12.4. The molecule has 3 saturated carbocycles. The summed E-state index contributed by atoms with van der Waals surface area (Å²) in [6, 6.07) is 20.7. The molecule has 0 saturated heterocycles. The molecule has 0 aromatic heterocycles. The van der Waals surface area contributed by atoms with E-state index < -0.39 is 8.32 Å². The van der Waals surface area contributed by atoms with Gasteiger partial charge in [0.15, 0.2) is 0 Å². The Morgan fingerprint density at radius 1 is 1.00 bits per heavy atom. The van der Waals surface area contributed by atoms with E-state index in [4.69, 9.17) is 4.84 Å². The van der Waals surface area contributed by atoms with Crippen LogP contribution < -0.4 is 10.4 Å². The third-order valence-electron chi connectivity index (χ3n) is 8.49. The summed E-state index contributed by atoms with van der Waals surface area (Å²) in [7, 11) is -1.29. The van der Waals surface area contributed by atoms with Crippen molar-refractivity contribution >= 4 is 24.4 Å². The summed E-state index contributed by atoms with van der Waals surface area (Å²) in [5.74, 6) is 1.78. The summed E-state index contributed by atoms with van der Waals surface area (Å²) in [5.41, 5.74) is 1.60. The molecule has 2 aromatic rings. The molecule has 31 heavy (non-hydrogen) atoms. The van der Waals surface area contributed by atoms with Gasteiger partial charge >= 0.3 is 0 Å². The van der Waals surface area contributed by atoms with Gasteiger partial charge in [-0.25, -0.2) is 0 Å². The van der Waals surface area contributed by atoms with Gasteiger partial charge in [-0.05, 0) is 52.4 Å². The molecule has 0 heterocycles. The first-order valence-corrected chi connectivity index (χ1v) is 13.6. The van der Waals surface area contributed by atoms with E-state index in [9.17, 15) is 4.80 Å². The highest BCUT2D eigenvalue weighted by atomic mass is 28.4. The Kier molecular flexibility index (Phi) is 5.91. The monoisotopic (exact) mass is 435 g/mol. The van der Waals surface area contributed by atoms with E-state index in [1.54, 1.807) is 7.11 Å². The van der Waals surface area contributed by atoms with Gasteiger partial charge in [-0.15, -0.1) is 0 Å². The van der Waals surface area contributed by atoms with E-state index in [2.05, 4.69) is 57.1 Å². The van der Waals surface area contributed by atoms with Crippen LogP contribution >= 0.6 is 0 Å². The first-order chi connectivity index (χ1) is 14.7. The van der Waals surface area contributed by atoms with E-state index >= 15 is 0 Å². The zero-order valence-corrected chi connectivity index (χ0v) is 20.6. The van der Waals surface area contributed by atoms with Crippen molar-refractivity contribution in [3.05, 3.63) is 60.7 Å². The molecule has 2 aromatic carbocycles. The van der Waals surface area contributed by atoms with Gasteiger partial charge in [0.05, 0.1) is 5.71 Å². The molecule has 166 valence electrons. The summed E-state index contributed by atoms with van der Waals surface area (Å²) < 4.78 is 0. The third-order valence-corrected chi connectivity index (χ3v) is 13.0. The summed E-state index contributed by atoms with van der Waals surface area (Å²) in [5, 5.41) is 6.48. The van der Waals surface area contributed by atoms with Crippen molar-refractivity contribution in [2.24, 2.45) is 28.3 Å². The smallest absolute Gasteiger partial charge is 0.258 e. The van der Waals surface area contributed by atoms with Gasteiger partial charge in [0.25, 0.3) is 8.32 Å². The van der Waals surface area contributed by atoms with Gasteiger partial charge < -0.3 is 9.63 Å². The van der Waals surface area contributed by atoms with Crippen LogP contribution in [0.15, 0.2) is 65.8 Å². The number of benzene rings is 2. The number of hydrogen-bond acceptors (Lipinski definition) is 3. The first-order valence-electron chi connectivity index (χ1n) is 11.7. The van der Waals surface area contributed by atoms with Crippen LogP contribution in [0.3, 0.4) is 0 Å². The van der Waals surface area contributed by atoms with Crippen molar-refractivity contribution in [2.75, 3.05) is 7.11 Å². The molecule has 4 heteroatoms. The Balaban J connectivity index is 1.61. The molecule has 0 aliphatic heterocycles. The summed E-state index contributed by atoms with van der Waals surface area (Å²) in [6.45, 7) is 9.29. The third kappa shape index (κ3) is 3.68. The summed E-state index contributed by atoms with van der Waals surface area (Å²) >= 11 is 0. The van der Waals surface area contributed by atoms with E-state index in [-0.39, 0.29) is 5.04 Å². The Morgan fingerprint density at radius 2 is 1.55 bits per heavy atom. The lowest BCUT2D eigenvalue weighted by Gasteiger charge is -2.59. The Morgan fingerprint density at radius 3 is 2.03 bits per heavy atom. The van der Waals surface area contributed by atoms with Gasteiger partial charge in [-0.3, -0.25) is 0 Å². The molecular weight excluding hydrogens is 398 g/mol. The van der Waals surface area contributed by atoms with Crippen LogP contribution in [0.4, 0.5) is 0 Å². The molecule has 0 spiro atoms. The molecular formula is C27H37NO2Si. The van der Waals surface area contributed by atoms with Crippen molar-refractivity contribution < 1.29 is 9.63 Å². The standard InChI is InChI=1S/C27H37NO2Si/c1-26(2,17-16-20-18-21-19-24(27(21,3)4)25(20)28-30-5)31(29,22-12-8-6-9-13-22)23-14-10-7-11-15-23/h6-15,20-21,24,29H,16-19H2,1-5H3/b28-25-. The van der Waals surface area contributed by atoms with Crippen molar-refractivity contribution in [1.82, 2.24) is 0 Å². The van der Waals surface area contributed by atoms with E-state index in [1.807, 2.05) is 36.4 Å². The quantitative estimate of drug-likeness (QED) is 0.492. The summed E-state index contributed by atoms with van der Waals surface area (Å²) in [4.78, 5) is 17.7. The lowest BCUT2D eigenvalue weighted by atomic mass is 9.45. The maximum Gasteiger partial charge on any atom is 0.258 e. The molecule has 3 aliphatic rings. The minimum atomic E-state index is -2.96. The SMILES string of the molecule is CO/N=C1/C(CCC(C)(C)[Si](O)(c2ccccc2)c2ccccc2)CC2CC1C2(C)C. The normalized spacial score (nSPS) is 26.4. The minimum Gasteiger partial charge on any atom is -0.424 e. The Bertz CT molecular complexity index is 883. The molecule has 3 atom stereocenters. The fraction of sp³-hybridized carbons (Fsp3) is 0.519. The molecule has 5 rings (SSSR count). The van der Waals surface area contributed by atoms with Crippen molar-refractivity contribution in [3.8, 4) is 0 Å². The van der Waals surface area contributed by atoms with Crippen LogP contribution in [0.5, 0.6) is 0 Å². The van der Waals surface area contributed by atoms with E-state index in [1.165, 1.54) is 18.6 Å². The van der Waals surface area contributed by atoms with E-state index in [0.717, 1.165) is 29.1 Å². The highest BCUT2D eigenvalue weighted by molar-refractivity contribution is 6.98. The van der Waals surface area contributed by atoms with Crippen molar-refractivity contribution in [3.63, 3.8) is 0 Å². The molecule has 3 aliphatic carbocycles. The number of oxime groups is 1. The number of rotatable bonds is 7. The molecule has 0 amide bonds. The number of nitrogens with zero attached hydrogens (tertiary/aromatic N) is 1. The van der Waals surface area contributed by atoms with Crippen LogP contribution in [0.25, 0.3) is 0 Å². The minimum absolute atomic E-state index is 0.217. The molecule has 1 N–H and O–H groups in total. The molecule has 3 unspecified atom stereocenters. The largest absolute Gasteiger partial charge is 0.424 e. The van der Waals surface area contributed by atoms with Gasteiger partial charge in [0.2, 0.25) is 0 Å². The number of fused-ring (bicyclic) bond motifs is 2. The second kappa shape index (κ2) is 8.21. The average Bonchev–Trinajstić information content (AvgIpc) is 2.78. The maximum atomic E-state index is 12.4. The summed E-state index contributed by atoms with van der Waals surface area (Å²) in [6.07, 6.45) is 4.46. The van der Waals surface area contributed by atoms with E-state index in [0.29, 0.717) is 17.3 Å². The van der Waals surface area contributed by atoms with Crippen LogP contribution in [0.1, 0.15) is 53.4 Å². The zero-order valence-electron chi connectivity index (χ0n) is 19.6. The Labute approximate surface area is 188 Å². The van der Waals surface area contributed by atoms with Gasteiger partial charge in [0, 0.05) is 11.8 Å². The van der Waals surface area contributed by atoms with Crippen LogP contribution in [0, 0.1) is 23.2 Å². The average molecular weight is 436 g/mol. The topological polar surface area (TPSA) is 41.8 Å². The van der Waals surface area contributed by atoms with Crippen LogP contribution in [-0.2, 0) is 4.84 Å². The van der Waals surface area contributed by atoms with Crippen molar-refractivity contribution in [2.45, 2.75) is 58.4 Å². The molecule has 0 radical (unpaired) electrons. The molecule has 2 bridgehead atoms. The van der Waals surface area contributed by atoms with Gasteiger partial charge in [-0.2, -0.15) is 0 Å². The van der Waals surface area contributed by atoms with Crippen LogP contribution in [-0.4, -0.2) is 25.9 Å². The fourth-order valence-corrected chi connectivity index (χ4v) is 9.95. The van der Waals surface area contributed by atoms with Crippen LogP contribution in [0.2, 0.25) is 5.04 Å². The fourth-order valence-electron chi connectivity index (χ4n) is 6.20. The predicted molar refractivity (Wildman–Crippen MR) is 131 cm³/mol. The number of hydrogen-bond donors (Lipinski definition) is 1. The van der Waals surface area contributed by atoms with Crippen molar-refractivity contribution in [1.29, 1.82) is 0 Å². The second-order valence-corrected chi connectivity index (χ2v) is 14.7. The second-order valence-electron chi connectivity index (χ2n) is 10.8.